The Morgan fingerprint density at radius 1 is 1.59 bits per heavy atom. The van der Waals surface area contributed by atoms with E-state index in [-0.39, 0.29) is 0 Å². The molecule has 0 amide bonds. The lowest BCUT2D eigenvalue weighted by Gasteiger charge is -2.24. The molecule has 1 aliphatic rings. The molecule has 92 valence electrons. The summed E-state index contributed by atoms with van der Waals surface area (Å²) in [5.74, 6) is 0.311. The van der Waals surface area contributed by atoms with Crippen LogP contribution in [0.4, 0.5) is 0 Å². The standard InChI is InChI=1S/C14H19NO2/c1-11(8-13-10-17-6-5-15-13)7-12-3-2-4-14(16)9-12/h2-4,7,9,13,15-16H,5-6,8,10H2,1H3/b11-7-. The van der Waals surface area contributed by atoms with Crippen molar-refractivity contribution in [1.29, 1.82) is 0 Å². The van der Waals surface area contributed by atoms with Crippen molar-refractivity contribution in [2.45, 2.75) is 19.4 Å². The molecule has 1 saturated heterocycles. The second-order valence-corrected chi connectivity index (χ2v) is 4.52. The van der Waals surface area contributed by atoms with E-state index in [2.05, 4.69) is 18.3 Å². The third-order valence-electron chi connectivity index (χ3n) is 2.85. The van der Waals surface area contributed by atoms with Gasteiger partial charge in [-0.15, -0.1) is 0 Å². The van der Waals surface area contributed by atoms with E-state index in [0.29, 0.717) is 11.8 Å². The molecule has 0 aliphatic carbocycles. The van der Waals surface area contributed by atoms with E-state index >= 15 is 0 Å². The second kappa shape index (κ2) is 5.84. The minimum atomic E-state index is 0.311. The average molecular weight is 233 g/mol. The Kier molecular flexibility index (Phi) is 4.18. The zero-order valence-electron chi connectivity index (χ0n) is 10.1. The van der Waals surface area contributed by atoms with Crippen molar-refractivity contribution in [2.75, 3.05) is 19.8 Å². The first-order chi connectivity index (χ1) is 8.24. The summed E-state index contributed by atoms with van der Waals surface area (Å²) in [6, 6.07) is 7.72. The van der Waals surface area contributed by atoms with Crippen molar-refractivity contribution in [1.82, 2.24) is 5.32 Å². The Hall–Kier alpha value is -1.32. The molecule has 1 fully saturated rings. The van der Waals surface area contributed by atoms with E-state index in [0.717, 1.165) is 31.7 Å². The van der Waals surface area contributed by atoms with Gasteiger partial charge in [-0.3, -0.25) is 0 Å². The van der Waals surface area contributed by atoms with Crippen LogP contribution in [0.3, 0.4) is 0 Å². The summed E-state index contributed by atoms with van der Waals surface area (Å²) in [5, 5.41) is 12.8. The number of nitrogens with one attached hydrogen (secondary N) is 1. The highest BCUT2D eigenvalue weighted by Gasteiger charge is 2.12. The largest absolute Gasteiger partial charge is 0.508 e. The number of ether oxygens (including phenoxy) is 1. The van der Waals surface area contributed by atoms with Gasteiger partial charge in [0.05, 0.1) is 13.2 Å². The third kappa shape index (κ3) is 3.88. The van der Waals surface area contributed by atoms with E-state index < -0.39 is 0 Å². The van der Waals surface area contributed by atoms with Crippen LogP contribution in [0, 0.1) is 0 Å². The summed E-state index contributed by atoms with van der Waals surface area (Å²) < 4.78 is 5.42. The van der Waals surface area contributed by atoms with Gasteiger partial charge >= 0.3 is 0 Å². The molecule has 0 saturated carbocycles. The number of phenols is 1. The fourth-order valence-electron chi connectivity index (χ4n) is 2.10. The molecule has 0 aromatic heterocycles. The van der Waals surface area contributed by atoms with Crippen molar-refractivity contribution >= 4 is 6.08 Å². The zero-order chi connectivity index (χ0) is 12.1. The van der Waals surface area contributed by atoms with Gasteiger partial charge in [0, 0.05) is 12.6 Å². The molecule has 1 heterocycles. The highest BCUT2D eigenvalue weighted by Crippen LogP contribution is 2.16. The maximum atomic E-state index is 9.39. The minimum absolute atomic E-state index is 0.311. The first-order valence-corrected chi connectivity index (χ1v) is 6.01. The van der Waals surface area contributed by atoms with Gasteiger partial charge in [0.15, 0.2) is 0 Å². The molecule has 3 heteroatoms. The lowest BCUT2D eigenvalue weighted by atomic mass is 10.0. The number of benzene rings is 1. The Balaban J connectivity index is 1.96. The lowest BCUT2D eigenvalue weighted by molar-refractivity contribution is 0.0771. The van der Waals surface area contributed by atoms with Gasteiger partial charge in [-0.25, -0.2) is 0 Å². The zero-order valence-corrected chi connectivity index (χ0v) is 10.1. The normalized spacial score (nSPS) is 21.5. The van der Waals surface area contributed by atoms with E-state index in [9.17, 15) is 5.11 Å². The highest BCUT2D eigenvalue weighted by molar-refractivity contribution is 5.54. The van der Waals surface area contributed by atoms with Gasteiger partial charge in [0.2, 0.25) is 0 Å². The van der Waals surface area contributed by atoms with E-state index in [1.54, 1.807) is 12.1 Å². The van der Waals surface area contributed by atoms with Gasteiger partial charge < -0.3 is 15.2 Å². The van der Waals surface area contributed by atoms with Gasteiger partial charge in [-0.05, 0) is 31.0 Å². The van der Waals surface area contributed by atoms with Crippen LogP contribution < -0.4 is 5.32 Å². The SMILES string of the molecule is C/C(=C/c1cccc(O)c1)CC1COCCN1. The fourth-order valence-corrected chi connectivity index (χ4v) is 2.10. The first-order valence-electron chi connectivity index (χ1n) is 6.01. The number of hydrogen-bond donors (Lipinski definition) is 2. The molecule has 1 aliphatic heterocycles. The molecule has 1 atom stereocenters. The molecule has 0 spiro atoms. The Morgan fingerprint density at radius 2 is 2.47 bits per heavy atom. The molecule has 1 unspecified atom stereocenters. The van der Waals surface area contributed by atoms with Crippen LogP contribution in [0.1, 0.15) is 18.9 Å². The Morgan fingerprint density at radius 3 is 3.18 bits per heavy atom. The fraction of sp³-hybridized carbons (Fsp3) is 0.429. The third-order valence-corrected chi connectivity index (χ3v) is 2.85. The topological polar surface area (TPSA) is 41.5 Å². The molecule has 2 N–H and O–H groups in total. The van der Waals surface area contributed by atoms with Crippen molar-refractivity contribution in [3.63, 3.8) is 0 Å². The van der Waals surface area contributed by atoms with Crippen molar-refractivity contribution < 1.29 is 9.84 Å². The predicted octanol–water partition coefficient (Wildman–Crippen LogP) is 2.17. The van der Waals surface area contributed by atoms with E-state index in [1.165, 1.54) is 5.57 Å². The first kappa shape index (κ1) is 12.1. The van der Waals surface area contributed by atoms with E-state index in [4.69, 9.17) is 4.74 Å². The van der Waals surface area contributed by atoms with E-state index in [1.807, 2.05) is 12.1 Å². The maximum absolute atomic E-state index is 9.39. The number of morpholine rings is 1. The summed E-state index contributed by atoms with van der Waals surface area (Å²) >= 11 is 0. The van der Waals surface area contributed by atoms with Crippen LogP contribution >= 0.6 is 0 Å². The van der Waals surface area contributed by atoms with Crippen LogP contribution in [-0.4, -0.2) is 30.9 Å². The van der Waals surface area contributed by atoms with Gasteiger partial charge in [0.1, 0.15) is 5.75 Å². The summed E-state index contributed by atoms with van der Waals surface area (Å²) in [4.78, 5) is 0. The van der Waals surface area contributed by atoms with Crippen LogP contribution in [0.25, 0.3) is 6.08 Å². The number of rotatable bonds is 3. The van der Waals surface area contributed by atoms with Gasteiger partial charge in [-0.2, -0.15) is 0 Å². The predicted molar refractivity (Wildman–Crippen MR) is 69.0 cm³/mol. The number of hydrogen-bond acceptors (Lipinski definition) is 3. The molecule has 3 nitrogen and oxygen atoms in total. The van der Waals surface area contributed by atoms with Crippen molar-refractivity contribution in [3.05, 3.63) is 35.4 Å². The summed E-state index contributed by atoms with van der Waals surface area (Å²) in [5.41, 5.74) is 2.33. The summed E-state index contributed by atoms with van der Waals surface area (Å²) in [7, 11) is 0. The van der Waals surface area contributed by atoms with Crippen LogP contribution in [0.2, 0.25) is 0 Å². The Bertz CT molecular complexity index is 395. The molecule has 2 rings (SSSR count). The second-order valence-electron chi connectivity index (χ2n) is 4.52. The summed E-state index contributed by atoms with van der Waals surface area (Å²) in [6.07, 6.45) is 3.09. The average Bonchev–Trinajstić information content (AvgIpc) is 2.30. The molecule has 17 heavy (non-hydrogen) atoms. The van der Waals surface area contributed by atoms with Crippen LogP contribution in [0.5, 0.6) is 5.75 Å². The Labute approximate surface area is 102 Å². The molecule has 0 radical (unpaired) electrons. The molecule has 1 aromatic rings. The minimum Gasteiger partial charge on any atom is -0.508 e. The molecular weight excluding hydrogens is 214 g/mol. The van der Waals surface area contributed by atoms with Gasteiger partial charge in [0.25, 0.3) is 0 Å². The number of aromatic hydroxyl groups is 1. The summed E-state index contributed by atoms with van der Waals surface area (Å²) in [6.45, 7) is 4.64. The number of phenolic OH excluding ortho intramolecular Hbond substituents is 1. The molecule has 0 bridgehead atoms. The van der Waals surface area contributed by atoms with Crippen molar-refractivity contribution in [2.24, 2.45) is 0 Å². The van der Waals surface area contributed by atoms with Crippen LogP contribution in [0.15, 0.2) is 29.8 Å². The van der Waals surface area contributed by atoms with Crippen LogP contribution in [-0.2, 0) is 4.74 Å². The highest BCUT2D eigenvalue weighted by atomic mass is 16.5. The molecule has 1 aromatic carbocycles. The monoisotopic (exact) mass is 233 g/mol. The smallest absolute Gasteiger partial charge is 0.116 e. The quantitative estimate of drug-likeness (QED) is 0.840. The van der Waals surface area contributed by atoms with Gasteiger partial charge in [-0.1, -0.05) is 23.8 Å². The van der Waals surface area contributed by atoms with Crippen molar-refractivity contribution in [3.8, 4) is 5.75 Å². The maximum Gasteiger partial charge on any atom is 0.116 e. The molecular formula is C14H19NO2. The lowest BCUT2D eigenvalue weighted by Crippen LogP contribution is -2.41.